The average molecular weight is 271 g/mol. The molecule has 0 aliphatic carbocycles. The quantitative estimate of drug-likeness (QED) is 0.398. The lowest BCUT2D eigenvalue weighted by atomic mass is 10.2. The molecule has 0 saturated heterocycles. The highest BCUT2D eigenvalue weighted by atomic mass is 16.6. The Balaban J connectivity index is 3.63. The molecule has 0 fully saturated rings. The van der Waals surface area contributed by atoms with E-state index in [4.69, 9.17) is 9.47 Å². The van der Waals surface area contributed by atoms with E-state index in [0.29, 0.717) is 12.1 Å². The number of ether oxygens (including phenoxy) is 2. The van der Waals surface area contributed by atoms with Crippen molar-refractivity contribution in [2.75, 3.05) is 13.2 Å². The molecule has 1 unspecified atom stereocenters. The number of carbonyl (C=O) groups is 2. The largest absolute Gasteiger partial charge is 0.458 e. The summed E-state index contributed by atoms with van der Waals surface area (Å²) < 4.78 is 9.91. The fraction of sp³-hybridized carbons (Fsp3) is 0.714. The Hall–Kier alpha value is -1.52. The second-order valence-electron chi connectivity index (χ2n) is 4.58. The monoisotopic (exact) mass is 271 g/mol. The molecular weight excluding hydrogens is 246 g/mol. The van der Waals surface area contributed by atoms with Crippen LogP contribution in [-0.2, 0) is 14.3 Å². The number of rotatable bonds is 9. The molecule has 1 atom stereocenters. The van der Waals surface area contributed by atoms with E-state index in [1.165, 1.54) is 6.42 Å². The van der Waals surface area contributed by atoms with Crippen LogP contribution in [0.25, 0.3) is 0 Å². The van der Waals surface area contributed by atoms with E-state index in [-0.39, 0.29) is 6.61 Å². The Morgan fingerprint density at radius 3 is 2.53 bits per heavy atom. The van der Waals surface area contributed by atoms with Gasteiger partial charge in [0.2, 0.25) is 0 Å². The van der Waals surface area contributed by atoms with E-state index in [9.17, 15) is 9.59 Å². The molecule has 1 N–H and O–H groups in total. The number of carbonyl (C=O) groups excluding carboxylic acids is 2. The lowest BCUT2D eigenvalue weighted by molar-refractivity contribution is -0.141. The number of hydrogen-bond donors (Lipinski definition) is 1. The SMILES string of the molecule is C=C(C)C(=O)OCC(C)OC(=O)NCCCCCC. The van der Waals surface area contributed by atoms with E-state index in [0.717, 1.165) is 19.3 Å². The van der Waals surface area contributed by atoms with Crippen LogP contribution in [0.5, 0.6) is 0 Å². The predicted octanol–water partition coefficient (Wildman–Crippen LogP) is 2.80. The number of nitrogens with one attached hydrogen (secondary N) is 1. The third kappa shape index (κ3) is 10.1. The first-order chi connectivity index (χ1) is 8.97. The maximum absolute atomic E-state index is 11.4. The first kappa shape index (κ1) is 17.5. The van der Waals surface area contributed by atoms with Gasteiger partial charge in [-0.15, -0.1) is 0 Å². The molecule has 0 radical (unpaired) electrons. The minimum atomic E-state index is -0.477. The Morgan fingerprint density at radius 1 is 1.26 bits per heavy atom. The number of alkyl carbamates (subject to hydrolysis) is 1. The second-order valence-corrected chi connectivity index (χ2v) is 4.58. The number of hydrogen-bond acceptors (Lipinski definition) is 4. The Bertz CT molecular complexity index is 302. The smallest absolute Gasteiger partial charge is 0.407 e. The predicted molar refractivity (Wildman–Crippen MR) is 73.9 cm³/mol. The van der Waals surface area contributed by atoms with Crippen molar-refractivity contribution in [3.8, 4) is 0 Å². The first-order valence-electron chi connectivity index (χ1n) is 6.74. The fourth-order valence-electron chi connectivity index (χ4n) is 1.32. The van der Waals surface area contributed by atoms with Gasteiger partial charge in [0.1, 0.15) is 12.7 Å². The molecule has 0 aliphatic heterocycles. The molecule has 0 aromatic heterocycles. The normalized spacial score (nSPS) is 11.5. The van der Waals surface area contributed by atoms with Crippen molar-refractivity contribution in [3.63, 3.8) is 0 Å². The summed E-state index contributed by atoms with van der Waals surface area (Å²) in [5.41, 5.74) is 0.326. The zero-order valence-electron chi connectivity index (χ0n) is 12.2. The van der Waals surface area contributed by atoms with E-state index in [1.807, 2.05) is 0 Å². The van der Waals surface area contributed by atoms with Crippen LogP contribution in [0.1, 0.15) is 46.5 Å². The zero-order chi connectivity index (χ0) is 14.7. The van der Waals surface area contributed by atoms with Crippen molar-refractivity contribution in [1.29, 1.82) is 0 Å². The summed E-state index contributed by atoms with van der Waals surface area (Å²) in [6.07, 6.45) is 3.43. The minimum absolute atomic E-state index is 0.0367. The summed E-state index contributed by atoms with van der Waals surface area (Å²) in [4.78, 5) is 22.5. The van der Waals surface area contributed by atoms with Crippen LogP contribution >= 0.6 is 0 Å². The van der Waals surface area contributed by atoms with Crippen molar-refractivity contribution >= 4 is 12.1 Å². The van der Waals surface area contributed by atoms with Crippen molar-refractivity contribution in [3.05, 3.63) is 12.2 Å². The van der Waals surface area contributed by atoms with Crippen LogP contribution in [0, 0.1) is 0 Å². The van der Waals surface area contributed by atoms with Crippen molar-refractivity contribution in [1.82, 2.24) is 5.32 Å². The number of unbranched alkanes of at least 4 members (excludes halogenated alkanes) is 3. The molecule has 0 heterocycles. The number of amides is 1. The molecule has 5 nitrogen and oxygen atoms in total. The van der Waals surface area contributed by atoms with Gasteiger partial charge < -0.3 is 14.8 Å². The Kier molecular flexibility index (Phi) is 9.57. The molecule has 0 bridgehead atoms. The molecular formula is C14H25NO4. The van der Waals surface area contributed by atoms with Gasteiger partial charge in [0.05, 0.1) is 0 Å². The molecule has 19 heavy (non-hydrogen) atoms. The van der Waals surface area contributed by atoms with Gasteiger partial charge in [-0.25, -0.2) is 9.59 Å². The maximum Gasteiger partial charge on any atom is 0.407 e. The van der Waals surface area contributed by atoms with Crippen LogP contribution in [0.3, 0.4) is 0 Å². The van der Waals surface area contributed by atoms with Gasteiger partial charge >= 0.3 is 12.1 Å². The Morgan fingerprint density at radius 2 is 1.95 bits per heavy atom. The van der Waals surface area contributed by atoms with Gasteiger partial charge in [-0.2, -0.15) is 0 Å². The van der Waals surface area contributed by atoms with Gasteiger partial charge in [0.25, 0.3) is 0 Å². The van der Waals surface area contributed by atoms with Crippen molar-refractivity contribution < 1.29 is 19.1 Å². The Labute approximate surface area is 115 Å². The van der Waals surface area contributed by atoms with E-state index in [1.54, 1.807) is 13.8 Å². The van der Waals surface area contributed by atoms with Gasteiger partial charge in [-0.3, -0.25) is 0 Å². The molecule has 0 aromatic rings. The van der Waals surface area contributed by atoms with Gasteiger partial charge in [0, 0.05) is 12.1 Å². The van der Waals surface area contributed by atoms with Crippen LogP contribution in [0.4, 0.5) is 4.79 Å². The highest BCUT2D eigenvalue weighted by Crippen LogP contribution is 1.99. The van der Waals surface area contributed by atoms with Crippen LogP contribution in [0.15, 0.2) is 12.2 Å². The van der Waals surface area contributed by atoms with Gasteiger partial charge in [0.15, 0.2) is 0 Å². The summed E-state index contributed by atoms with van der Waals surface area (Å²) in [5, 5.41) is 2.66. The summed E-state index contributed by atoms with van der Waals surface area (Å²) in [6.45, 7) is 9.48. The summed E-state index contributed by atoms with van der Waals surface area (Å²) in [5.74, 6) is -0.476. The lowest BCUT2D eigenvalue weighted by Gasteiger charge is -2.14. The molecule has 0 saturated carbocycles. The molecule has 0 aliphatic rings. The van der Waals surface area contributed by atoms with E-state index < -0.39 is 18.2 Å². The standard InChI is InChI=1S/C14H25NO4/c1-5-6-7-8-9-15-14(17)19-12(4)10-18-13(16)11(2)3/h12H,2,5-10H2,1,3-4H3,(H,15,17). The van der Waals surface area contributed by atoms with Gasteiger partial charge in [-0.05, 0) is 20.3 Å². The summed E-state index contributed by atoms with van der Waals surface area (Å²) in [7, 11) is 0. The highest BCUT2D eigenvalue weighted by molar-refractivity contribution is 5.86. The summed E-state index contributed by atoms with van der Waals surface area (Å²) in [6, 6.07) is 0. The summed E-state index contributed by atoms with van der Waals surface area (Å²) >= 11 is 0. The second kappa shape index (κ2) is 10.4. The molecule has 0 rings (SSSR count). The van der Waals surface area contributed by atoms with Crippen LogP contribution in [0.2, 0.25) is 0 Å². The third-order valence-electron chi connectivity index (χ3n) is 2.41. The topological polar surface area (TPSA) is 64.6 Å². The van der Waals surface area contributed by atoms with E-state index in [2.05, 4.69) is 18.8 Å². The molecule has 110 valence electrons. The lowest BCUT2D eigenvalue weighted by Crippen LogP contribution is -2.31. The van der Waals surface area contributed by atoms with Gasteiger partial charge in [-0.1, -0.05) is 32.8 Å². The number of esters is 1. The molecule has 1 amide bonds. The minimum Gasteiger partial charge on any atom is -0.458 e. The van der Waals surface area contributed by atoms with E-state index >= 15 is 0 Å². The molecule has 5 heteroatoms. The van der Waals surface area contributed by atoms with Crippen LogP contribution in [-0.4, -0.2) is 31.3 Å². The third-order valence-corrected chi connectivity index (χ3v) is 2.41. The van der Waals surface area contributed by atoms with Crippen LogP contribution < -0.4 is 5.32 Å². The molecule has 0 aromatic carbocycles. The zero-order valence-corrected chi connectivity index (χ0v) is 12.2. The highest BCUT2D eigenvalue weighted by Gasteiger charge is 2.11. The average Bonchev–Trinajstić information content (AvgIpc) is 2.35. The van der Waals surface area contributed by atoms with Crippen molar-refractivity contribution in [2.24, 2.45) is 0 Å². The van der Waals surface area contributed by atoms with Crippen molar-refractivity contribution in [2.45, 2.75) is 52.6 Å². The fourth-order valence-corrected chi connectivity index (χ4v) is 1.32. The first-order valence-corrected chi connectivity index (χ1v) is 6.74. The maximum atomic E-state index is 11.4. The molecule has 0 spiro atoms.